The minimum atomic E-state index is 0.102. The van der Waals surface area contributed by atoms with Crippen molar-refractivity contribution in [3.8, 4) is 0 Å². The lowest BCUT2D eigenvalue weighted by Crippen LogP contribution is -2.32. The quantitative estimate of drug-likeness (QED) is 0.795. The third-order valence-electron chi connectivity index (χ3n) is 3.27. The molecule has 1 saturated heterocycles. The highest BCUT2D eigenvalue weighted by Crippen LogP contribution is 2.36. The van der Waals surface area contributed by atoms with Gasteiger partial charge in [0.25, 0.3) is 0 Å². The number of benzene rings is 1. The predicted molar refractivity (Wildman–Crippen MR) is 87.9 cm³/mol. The van der Waals surface area contributed by atoms with E-state index < -0.39 is 0 Å². The first-order valence-corrected chi connectivity index (χ1v) is 8.96. The third kappa shape index (κ3) is 4.07. The average Bonchev–Trinajstić information content (AvgIpc) is 2.37. The molecule has 0 aliphatic carbocycles. The van der Waals surface area contributed by atoms with Crippen LogP contribution in [0.5, 0.6) is 0 Å². The summed E-state index contributed by atoms with van der Waals surface area (Å²) in [5.74, 6) is 1.20. The van der Waals surface area contributed by atoms with Crippen molar-refractivity contribution in [3.05, 3.63) is 33.8 Å². The van der Waals surface area contributed by atoms with Crippen LogP contribution in [0.15, 0.2) is 18.2 Å². The van der Waals surface area contributed by atoms with Crippen LogP contribution in [0.25, 0.3) is 0 Å². The molecule has 0 radical (unpaired) electrons. The molecule has 1 aliphatic heterocycles. The number of halogens is 2. The number of hydrogen-bond donors (Lipinski definition) is 0. The van der Waals surface area contributed by atoms with Crippen molar-refractivity contribution >= 4 is 52.5 Å². The Morgan fingerprint density at radius 2 is 2.00 bits per heavy atom. The maximum Gasteiger partial charge on any atom is 0.151 e. The van der Waals surface area contributed by atoms with Gasteiger partial charge in [-0.15, -0.1) is 11.8 Å². The zero-order valence-electron chi connectivity index (χ0n) is 10.9. The number of rotatable bonds is 3. The molecule has 3 atom stereocenters. The summed E-state index contributed by atoms with van der Waals surface area (Å²) in [6.07, 6.45) is 0.441. The number of ketones is 1. The topological polar surface area (TPSA) is 17.1 Å². The van der Waals surface area contributed by atoms with Crippen LogP contribution >= 0.6 is 46.7 Å². The average molecular weight is 335 g/mol. The zero-order valence-corrected chi connectivity index (χ0v) is 14.0. The van der Waals surface area contributed by atoms with E-state index in [0.29, 0.717) is 27.0 Å². The minimum Gasteiger partial charge on any atom is -0.298 e. The molecule has 1 heterocycles. The van der Waals surface area contributed by atoms with Crippen LogP contribution in [0, 0.1) is 0 Å². The van der Waals surface area contributed by atoms with E-state index in [0.717, 1.165) is 11.3 Å². The van der Waals surface area contributed by atoms with Crippen LogP contribution in [0.1, 0.15) is 19.4 Å². The zero-order chi connectivity index (χ0) is 14.0. The summed E-state index contributed by atoms with van der Waals surface area (Å²) in [4.78, 5) is 12.3. The molecule has 1 fully saturated rings. The van der Waals surface area contributed by atoms with Gasteiger partial charge < -0.3 is 0 Å². The number of carbonyl (C=O) groups excluding carboxylic acids is 1. The molecule has 3 unspecified atom stereocenters. The summed E-state index contributed by atoms with van der Waals surface area (Å²) >= 11 is 15.5. The second-order valence-corrected chi connectivity index (χ2v) is 8.57. The number of hydrogen-bond acceptors (Lipinski definition) is 3. The van der Waals surface area contributed by atoms with Crippen molar-refractivity contribution in [2.24, 2.45) is 0 Å². The van der Waals surface area contributed by atoms with E-state index in [1.165, 1.54) is 0 Å². The van der Waals surface area contributed by atoms with E-state index in [1.54, 1.807) is 23.9 Å². The molecule has 0 saturated carbocycles. The van der Waals surface area contributed by atoms with Crippen LogP contribution < -0.4 is 0 Å². The lowest BCUT2D eigenvalue weighted by Gasteiger charge is -2.30. The summed E-state index contributed by atoms with van der Waals surface area (Å²) < 4.78 is 0. The standard InChI is InChI=1S/C14H16Cl2OS2/c1-8-9(2)19-14(7-18-8)13(17)6-10-3-4-11(15)12(16)5-10/h3-5,8-9,14H,6-7H2,1-2H3. The first-order chi connectivity index (χ1) is 8.97. The molecule has 0 amide bonds. The van der Waals surface area contributed by atoms with Crippen molar-refractivity contribution in [1.82, 2.24) is 0 Å². The Morgan fingerprint density at radius 3 is 2.63 bits per heavy atom. The molecule has 5 heteroatoms. The fourth-order valence-electron chi connectivity index (χ4n) is 1.92. The molecule has 1 nitrogen and oxygen atoms in total. The van der Waals surface area contributed by atoms with Crippen LogP contribution in [0.2, 0.25) is 10.0 Å². The summed E-state index contributed by atoms with van der Waals surface area (Å²) in [6.45, 7) is 4.42. The van der Waals surface area contributed by atoms with Crippen molar-refractivity contribution in [2.45, 2.75) is 36.0 Å². The van der Waals surface area contributed by atoms with Crippen LogP contribution in [0.3, 0.4) is 0 Å². The molecule has 0 bridgehead atoms. The van der Waals surface area contributed by atoms with E-state index in [4.69, 9.17) is 23.2 Å². The number of Topliss-reactive ketones (excluding diaryl/α,β-unsaturated/α-hetero) is 1. The van der Waals surface area contributed by atoms with Crippen molar-refractivity contribution in [3.63, 3.8) is 0 Å². The van der Waals surface area contributed by atoms with E-state index in [2.05, 4.69) is 13.8 Å². The van der Waals surface area contributed by atoms with Gasteiger partial charge in [0.05, 0.1) is 15.3 Å². The smallest absolute Gasteiger partial charge is 0.151 e. The Morgan fingerprint density at radius 1 is 1.26 bits per heavy atom. The van der Waals surface area contributed by atoms with Gasteiger partial charge in [0.1, 0.15) is 0 Å². The van der Waals surface area contributed by atoms with E-state index in [9.17, 15) is 4.79 Å². The fraction of sp³-hybridized carbons (Fsp3) is 0.500. The van der Waals surface area contributed by atoms with Gasteiger partial charge in [-0.05, 0) is 17.7 Å². The number of thioether (sulfide) groups is 2. The maximum atomic E-state index is 12.3. The van der Waals surface area contributed by atoms with Crippen molar-refractivity contribution in [1.29, 1.82) is 0 Å². The molecule has 104 valence electrons. The van der Waals surface area contributed by atoms with Crippen LogP contribution in [-0.2, 0) is 11.2 Å². The monoisotopic (exact) mass is 334 g/mol. The Bertz CT molecular complexity index is 479. The highest BCUT2D eigenvalue weighted by Gasteiger charge is 2.30. The van der Waals surface area contributed by atoms with Gasteiger partial charge in [0.15, 0.2) is 5.78 Å². The lowest BCUT2D eigenvalue weighted by atomic mass is 10.1. The normalized spacial score (nSPS) is 27.3. The lowest BCUT2D eigenvalue weighted by molar-refractivity contribution is -0.117. The molecule has 1 aromatic rings. The molecule has 0 N–H and O–H groups in total. The van der Waals surface area contributed by atoms with Gasteiger partial charge in [-0.2, -0.15) is 11.8 Å². The molecule has 19 heavy (non-hydrogen) atoms. The third-order valence-corrected chi connectivity index (χ3v) is 7.45. The SMILES string of the molecule is CC1SCC(C(=O)Cc2ccc(Cl)c(Cl)c2)SC1C. The Hall–Kier alpha value is 0.170. The molecule has 0 aromatic heterocycles. The van der Waals surface area contributed by atoms with Gasteiger partial charge in [0.2, 0.25) is 0 Å². The minimum absolute atomic E-state index is 0.102. The van der Waals surface area contributed by atoms with Gasteiger partial charge in [-0.25, -0.2) is 0 Å². The first kappa shape index (κ1) is 15.6. The molecule has 1 aromatic carbocycles. The second-order valence-electron chi connectivity index (χ2n) is 4.76. The first-order valence-electron chi connectivity index (χ1n) is 6.21. The van der Waals surface area contributed by atoms with E-state index in [-0.39, 0.29) is 11.0 Å². The van der Waals surface area contributed by atoms with Gasteiger partial charge >= 0.3 is 0 Å². The number of carbonyl (C=O) groups is 1. The van der Waals surface area contributed by atoms with Gasteiger partial charge in [0, 0.05) is 22.7 Å². The highest BCUT2D eigenvalue weighted by atomic mass is 35.5. The van der Waals surface area contributed by atoms with Gasteiger partial charge in [-0.3, -0.25) is 4.79 Å². The molecule has 1 aliphatic rings. The summed E-state index contributed by atoms with van der Waals surface area (Å²) in [5.41, 5.74) is 0.941. The Balaban J connectivity index is 1.99. The van der Waals surface area contributed by atoms with Crippen molar-refractivity contribution in [2.75, 3.05) is 5.75 Å². The van der Waals surface area contributed by atoms with Crippen molar-refractivity contribution < 1.29 is 4.79 Å². The predicted octanol–water partition coefficient (Wildman–Crippen LogP) is 4.73. The molecular weight excluding hydrogens is 319 g/mol. The summed E-state index contributed by atoms with van der Waals surface area (Å²) in [6, 6.07) is 5.41. The fourth-order valence-corrected chi connectivity index (χ4v) is 5.13. The van der Waals surface area contributed by atoms with E-state index >= 15 is 0 Å². The molecule has 2 rings (SSSR count). The van der Waals surface area contributed by atoms with Gasteiger partial charge in [-0.1, -0.05) is 43.1 Å². The van der Waals surface area contributed by atoms with E-state index in [1.807, 2.05) is 17.8 Å². The molecular formula is C14H16Cl2OS2. The largest absolute Gasteiger partial charge is 0.298 e. The Labute approximate surface area is 132 Å². The summed E-state index contributed by atoms with van der Waals surface area (Å²) in [7, 11) is 0. The molecule has 0 spiro atoms. The second kappa shape index (κ2) is 6.75. The summed E-state index contributed by atoms with van der Waals surface area (Å²) in [5, 5.41) is 2.30. The Kier molecular flexibility index (Phi) is 5.53. The maximum absolute atomic E-state index is 12.3. The van der Waals surface area contributed by atoms with Crippen LogP contribution in [-0.4, -0.2) is 27.3 Å². The highest BCUT2D eigenvalue weighted by molar-refractivity contribution is 8.08. The van der Waals surface area contributed by atoms with Crippen LogP contribution in [0.4, 0.5) is 0 Å².